The van der Waals surface area contributed by atoms with E-state index in [1.165, 1.54) is 18.9 Å². The third kappa shape index (κ3) is 8.16. The molecule has 4 fully saturated rings. The number of rotatable bonds is 15. The first kappa shape index (κ1) is 33.8. The summed E-state index contributed by atoms with van der Waals surface area (Å²) in [4.78, 5) is 10.7. The van der Waals surface area contributed by atoms with Crippen LogP contribution in [0, 0.1) is 11.8 Å². The maximum Gasteiger partial charge on any atom is 0.211 e. The average Bonchev–Trinajstić information content (AvgIpc) is 3.57. The minimum absolute atomic E-state index is 0. The summed E-state index contributed by atoms with van der Waals surface area (Å²) in [5, 5.41) is 38.0. The fraction of sp³-hybridized carbons (Fsp3) is 0.606. The second-order valence-electron chi connectivity index (χ2n) is 12.6. The van der Waals surface area contributed by atoms with Crippen LogP contribution in [0.3, 0.4) is 0 Å². The highest BCUT2D eigenvalue weighted by Crippen LogP contribution is 2.42. The van der Waals surface area contributed by atoms with Gasteiger partial charge in [0, 0.05) is 25.3 Å². The van der Waals surface area contributed by atoms with Gasteiger partial charge in [-0.2, -0.15) is 0 Å². The van der Waals surface area contributed by atoms with Crippen molar-refractivity contribution in [1.29, 1.82) is 0 Å². The number of benzene rings is 2. The summed E-state index contributed by atoms with van der Waals surface area (Å²) < 4.78 is 13.8. The molecule has 5 N–H and O–H groups in total. The number of carbonyl (C=O) groups is 1. The Kier molecular flexibility index (Phi) is 12.0. The summed E-state index contributed by atoms with van der Waals surface area (Å²) >= 11 is 0. The molecular formula is C33H48BrN3O6. The van der Waals surface area contributed by atoms with Crippen LogP contribution in [0.5, 0.6) is 5.75 Å². The van der Waals surface area contributed by atoms with E-state index < -0.39 is 11.7 Å². The maximum atomic E-state index is 12.0. The average molecular weight is 663 g/mol. The van der Waals surface area contributed by atoms with E-state index in [2.05, 4.69) is 10.6 Å². The van der Waals surface area contributed by atoms with Crippen molar-refractivity contribution in [3.63, 3.8) is 0 Å². The molecule has 9 nitrogen and oxygen atoms in total. The summed E-state index contributed by atoms with van der Waals surface area (Å²) in [5.41, 5.74) is 0.890. The molecule has 2 bridgehead atoms. The molecule has 0 radical (unpaired) electrons. The molecule has 0 aromatic heterocycles. The Balaban J connectivity index is 0.00000423. The lowest BCUT2D eigenvalue weighted by molar-refractivity contribution is -0.946. The summed E-state index contributed by atoms with van der Waals surface area (Å²) in [5.74, 6) is 0.748. The number of hydrogen-bond donors (Lipinski definition) is 5. The first-order chi connectivity index (χ1) is 20.3. The number of carbonyl (C=O) groups excluding carboxylic acids is 1. The number of aliphatic hydroxyl groups is 2. The molecule has 1 saturated carbocycles. The molecule has 3 heterocycles. The number of halogens is 1. The Labute approximate surface area is 265 Å². The Morgan fingerprint density at radius 2 is 1.81 bits per heavy atom. The van der Waals surface area contributed by atoms with Crippen LogP contribution in [0.2, 0.25) is 0 Å². The SMILES string of the molecule is CC(NC[C@H](O)c1ccc(O)c(NC=O)c1)OCC[N+]12CCC(CC1)[C@@H](OC[C@@](O)(c1ccccc1)C1CCCC1)C2.[Br-]. The molecule has 2 aromatic carbocycles. The van der Waals surface area contributed by atoms with Crippen molar-refractivity contribution < 1.29 is 51.1 Å². The molecule has 2 aromatic rings. The number of amides is 1. The highest BCUT2D eigenvalue weighted by Gasteiger charge is 2.48. The number of ether oxygens (including phenoxy) is 2. The number of aromatic hydroxyl groups is 1. The zero-order valence-electron chi connectivity index (χ0n) is 25.2. The van der Waals surface area contributed by atoms with Gasteiger partial charge in [-0.1, -0.05) is 49.2 Å². The first-order valence-corrected chi connectivity index (χ1v) is 15.6. The molecule has 43 heavy (non-hydrogen) atoms. The molecule has 0 spiro atoms. The van der Waals surface area contributed by atoms with Crippen LogP contribution in [0.1, 0.15) is 62.7 Å². The van der Waals surface area contributed by atoms with Crippen LogP contribution < -0.4 is 27.6 Å². The smallest absolute Gasteiger partial charge is 0.211 e. The van der Waals surface area contributed by atoms with Crippen molar-refractivity contribution >= 4 is 12.1 Å². The summed E-state index contributed by atoms with van der Waals surface area (Å²) in [6.45, 7) is 7.31. The Morgan fingerprint density at radius 3 is 2.51 bits per heavy atom. The summed E-state index contributed by atoms with van der Waals surface area (Å²) in [7, 11) is 0. The maximum absolute atomic E-state index is 12.0. The second kappa shape index (κ2) is 15.3. The number of quaternary nitrogens is 1. The van der Waals surface area contributed by atoms with E-state index in [0.29, 0.717) is 31.1 Å². The van der Waals surface area contributed by atoms with Gasteiger partial charge in [0.1, 0.15) is 36.8 Å². The van der Waals surface area contributed by atoms with Crippen LogP contribution in [0.4, 0.5) is 5.69 Å². The molecule has 4 atom stereocenters. The van der Waals surface area contributed by atoms with E-state index in [1.807, 2.05) is 37.3 Å². The van der Waals surface area contributed by atoms with Crippen molar-refractivity contribution in [2.24, 2.45) is 11.8 Å². The molecule has 10 heteroatoms. The van der Waals surface area contributed by atoms with E-state index in [1.54, 1.807) is 12.1 Å². The standard InChI is InChI=1S/C33H47N3O6.BrH/c1-24(34-20-31(39)26-11-12-30(38)29(19-26)35-23-37)41-18-17-36-15-13-25(14-16-36)32(21-36)42-22-33(40,28-9-5-6-10-28)27-7-3-2-4-8-27;/h2-4,7-8,11-12,19,23-25,28,31-32,34,39-40H,5-6,9-10,13-18,20-22H2,1H3,(H-,35,37,38);1H/t24?,25?,31-,32-,33+,36?;/m0./s1. The first-order valence-electron chi connectivity index (χ1n) is 15.6. The van der Waals surface area contributed by atoms with Gasteiger partial charge >= 0.3 is 0 Å². The summed E-state index contributed by atoms with van der Waals surface area (Å²) in [6, 6.07) is 14.8. The van der Waals surface area contributed by atoms with Crippen LogP contribution >= 0.6 is 0 Å². The lowest BCUT2D eigenvalue weighted by Crippen LogP contribution is -3.00. The van der Waals surface area contributed by atoms with Crippen LogP contribution in [-0.4, -0.2) is 84.5 Å². The van der Waals surface area contributed by atoms with E-state index in [0.717, 1.165) is 61.9 Å². The Hall–Kier alpha value is -2.05. The monoisotopic (exact) mass is 661 g/mol. The van der Waals surface area contributed by atoms with Crippen LogP contribution in [0.25, 0.3) is 0 Å². The fourth-order valence-corrected chi connectivity index (χ4v) is 7.34. The molecule has 3 aliphatic heterocycles. The number of piperidine rings is 3. The van der Waals surface area contributed by atoms with Crippen molar-refractivity contribution in [1.82, 2.24) is 5.32 Å². The predicted octanol–water partition coefficient (Wildman–Crippen LogP) is 0.654. The molecule has 1 unspecified atom stereocenters. The van der Waals surface area contributed by atoms with Crippen molar-refractivity contribution in [2.45, 2.75) is 69.5 Å². The molecule has 3 saturated heterocycles. The van der Waals surface area contributed by atoms with Crippen molar-refractivity contribution in [3.8, 4) is 5.75 Å². The van der Waals surface area contributed by atoms with E-state index in [9.17, 15) is 20.1 Å². The topological polar surface area (TPSA) is 120 Å². The van der Waals surface area contributed by atoms with Gasteiger partial charge in [-0.3, -0.25) is 10.1 Å². The van der Waals surface area contributed by atoms with Gasteiger partial charge in [0.2, 0.25) is 6.41 Å². The molecule has 1 aliphatic carbocycles. The zero-order valence-corrected chi connectivity index (χ0v) is 26.8. The van der Waals surface area contributed by atoms with E-state index >= 15 is 0 Å². The predicted molar refractivity (Wildman–Crippen MR) is 161 cm³/mol. The highest BCUT2D eigenvalue weighted by atomic mass is 79.9. The summed E-state index contributed by atoms with van der Waals surface area (Å²) in [6.07, 6.45) is 6.32. The van der Waals surface area contributed by atoms with Gasteiger partial charge in [0.15, 0.2) is 0 Å². The number of anilines is 1. The fourth-order valence-electron chi connectivity index (χ4n) is 7.34. The molecular weight excluding hydrogens is 614 g/mol. The highest BCUT2D eigenvalue weighted by molar-refractivity contribution is 5.75. The minimum Gasteiger partial charge on any atom is -1.00 e. The lowest BCUT2D eigenvalue weighted by Gasteiger charge is -2.53. The largest absolute Gasteiger partial charge is 1.00 e. The number of fused-ring (bicyclic) bond motifs is 3. The third-order valence-corrected chi connectivity index (χ3v) is 10.0. The molecule has 6 rings (SSSR count). The van der Waals surface area contributed by atoms with Crippen LogP contribution in [0.15, 0.2) is 48.5 Å². The van der Waals surface area contributed by atoms with Crippen molar-refractivity contribution in [3.05, 3.63) is 59.7 Å². The van der Waals surface area contributed by atoms with Crippen LogP contribution in [-0.2, 0) is 19.9 Å². The quantitative estimate of drug-likeness (QED) is 0.0823. The van der Waals surface area contributed by atoms with Gasteiger partial charge in [-0.25, -0.2) is 0 Å². The lowest BCUT2D eigenvalue weighted by atomic mass is 9.80. The Bertz CT molecular complexity index is 1160. The van der Waals surface area contributed by atoms with E-state index in [4.69, 9.17) is 9.47 Å². The second-order valence-corrected chi connectivity index (χ2v) is 12.6. The zero-order chi connectivity index (χ0) is 29.6. The van der Waals surface area contributed by atoms with Gasteiger partial charge < -0.3 is 51.6 Å². The van der Waals surface area contributed by atoms with Gasteiger partial charge in [-0.15, -0.1) is 0 Å². The van der Waals surface area contributed by atoms with Gasteiger partial charge in [0.05, 0.1) is 38.1 Å². The number of hydrogen-bond acceptors (Lipinski definition) is 7. The number of aliphatic hydroxyl groups excluding tert-OH is 1. The molecule has 238 valence electrons. The van der Waals surface area contributed by atoms with Gasteiger partial charge in [-0.05, 0) is 48.9 Å². The normalized spacial score (nSPS) is 26.3. The molecule has 4 aliphatic rings. The number of phenolic OH excluding ortho intramolecular Hbond substituents is 1. The number of phenols is 1. The minimum atomic E-state index is -0.934. The van der Waals surface area contributed by atoms with E-state index in [-0.39, 0.29) is 53.2 Å². The molecule has 1 amide bonds. The third-order valence-electron chi connectivity index (χ3n) is 10.0. The van der Waals surface area contributed by atoms with Crippen molar-refractivity contribution in [2.75, 3.05) is 51.3 Å². The van der Waals surface area contributed by atoms with Gasteiger partial charge in [0.25, 0.3) is 0 Å². The Morgan fingerprint density at radius 1 is 1.09 bits per heavy atom. The number of nitrogens with zero attached hydrogens (tertiary/aromatic N) is 1. The number of nitrogens with one attached hydrogen (secondary N) is 2.